The average molecular weight is 392 g/mol. The van der Waals surface area contributed by atoms with Gasteiger partial charge in [-0.3, -0.25) is 9.59 Å². The molecular formula is C19H19F3N4O2. The average Bonchev–Trinajstić information content (AvgIpc) is 3.33. The molecule has 4 rings (SSSR count). The number of rotatable bonds is 3. The van der Waals surface area contributed by atoms with Crippen LogP contribution in [-0.2, 0) is 22.8 Å². The minimum Gasteiger partial charge on any atom is -0.348 e. The second-order valence-corrected chi connectivity index (χ2v) is 7.40. The van der Waals surface area contributed by atoms with Crippen molar-refractivity contribution in [1.29, 1.82) is 0 Å². The van der Waals surface area contributed by atoms with Crippen molar-refractivity contribution >= 4 is 28.5 Å². The van der Waals surface area contributed by atoms with Crippen molar-refractivity contribution in [1.82, 2.24) is 14.9 Å². The van der Waals surface area contributed by atoms with Crippen LogP contribution in [0.3, 0.4) is 0 Å². The minimum atomic E-state index is -4.58. The lowest BCUT2D eigenvalue weighted by atomic mass is 9.94. The van der Waals surface area contributed by atoms with Crippen LogP contribution >= 0.6 is 0 Å². The van der Waals surface area contributed by atoms with Gasteiger partial charge in [0.1, 0.15) is 0 Å². The van der Waals surface area contributed by atoms with Crippen LogP contribution in [-0.4, -0.2) is 27.9 Å². The molecule has 0 spiro atoms. The van der Waals surface area contributed by atoms with E-state index in [2.05, 4.69) is 27.8 Å². The zero-order valence-corrected chi connectivity index (χ0v) is 15.1. The number of halogens is 3. The Morgan fingerprint density at radius 1 is 1.21 bits per heavy atom. The third kappa shape index (κ3) is 3.36. The smallest absolute Gasteiger partial charge is 0.348 e. The van der Waals surface area contributed by atoms with Gasteiger partial charge in [-0.25, -0.2) is 4.98 Å². The largest absolute Gasteiger partial charge is 0.449 e. The van der Waals surface area contributed by atoms with Gasteiger partial charge in [0.2, 0.25) is 5.82 Å². The van der Waals surface area contributed by atoms with Crippen molar-refractivity contribution in [3.63, 3.8) is 0 Å². The summed E-state index contributed by atoms with van der Waals surface area (Å²) >= 11 is 0. The fourth-order valence-corrected chi connectivity index (χ4v) is 4.15. The molecule has 1 aromatic carbocycles. The van der Waals surface area contributed by atoms with E-state index in [-0.39, 0.29) is 16.7 Å². The Balaban J connectivity index is 1.40. The molecule has 6 nitrogen and oxygen atoms in total. The summed E-state index contributed by atoms with van der Waals surface area (Å²) in [5.41, 5.74) is 0.572. The maximum absolute atomic E-state index is 13.0. The molecule has 1 saturated carbocycles. The van der Waals surface area contributed by atoms with E-state index in [1.807, 2.05) is 0 Å². The summed E-state index contributed by atoms with van der Waals surface area (Å²) in [5.74, 6) is -1.26. The molecule has 2 aromatic rings. The number of hydrogen-bond donors (Lipinski definition) is 2. The molecule has 2 N–H and O–H groups in total. The molecule has 2 amide bonds. The number of anilines is 1. The summed E-state index contributed by atoms with van der Waals surface area (Å²) in [6.07, 6.45) is 1.92. The van der Waals surface area contributed by atoms with E-state index in [1.54, 1.807) is 0 Å². The highest BCUT2D eigenvalue weighted by Crippen LogP contribution is 2.42. The Kier molecular flexibility index (Phi) is 4.40. The maximum Gasteiger partial charge on any atom is 0.449 e. The molecule has 0 aliphatic heterocycles. The van der Waals surface area contributed by atoms with Crippen molar-refractivity contribution in [3.8, 4) is 0 Å². The molecule has 9 heteroatoms. The number of amides is 2. The molecule has 1 fully saturated rings. The highest BCUT2D eigenvalue weighted by atomic mass is 19.4. The van der Waals surface area contributed by atoms with Crippen molar-refractivity contribution in [2.24, 2.45) is 24.8 Å². The number of carbonyl (C=O) groups is 2. The first kappa shape index (κ1) is 18.5. The van der Waals surface area contributed by atoms with E-state index in [1.165, 1.54) is 25.2 Å². The predicted molar refractivity (Wildman–Crippen MR) is 96.2 cm³/mol. The van der Waals surface area contributed by atoms with Crippen LogP contribution in [0.1, 0.15) is 18.7 Å². The Morgan fingerprint density at radius 2 is 2.00 bits per heavy atom. The van der Waals surface area contributed by atoms with Crippen molar-refractivity contribution in [2.45, 2.75) is 19.0 Å². The number of allylic oxidation sites excluding steroid dienone is 2. The van der Waals surface area contributed by atoms with Crippen LogP contribution in [0.15, 0.2) is 30.4 Å². The second-order valence-electron chi connectivity index (χ2n) is 7.40. The van der Waals surface area contributed by atoms with Crippen molar-refractivity contribution in [3.05, 3.63) is 36.2 Å². The summed E-state index contributed by atoms with van der Waals surface area (Å²) in [7, 11) is 1.27. The lowest BCUT2D eigenvalue weighted by molar-refractivity contribution is -0.146. The number of nitrogens with one attached hydrogen (secondary N) is 2. The maximum atomic E-state index is 13.0. The third-order valence-corrected chi connectivity index (χ3v) is 5.54. The van der Waals surface area contributed by atoms with E-state index in [0.717, 1.165) is 17.4 Å². The van der Waals surface area contributed by atoms with Gasteiger partial charge in [0, 0.05) is 19.3 Å². The normalized spacial score (nSPS) is 23.4. The van der Waals surface area contributed by atoms with Crippen LogP contribution in [0.2, 0.25) is 0 Å². The van der Waals surface area contributed by atoms with Gasteiger partial charge in [-0.1, -0.05) is 12.2 Å². The number of fused-ring (bicyclic) bond motifs is 3. The first-order valence-electron chi connectivity index (χ1n) is 9.03. The Hall–Kier alpha value is -2.84. The minimum absolute atomic E-state index is 0.0850. The SMILES string of the molecule is Cn1c(C(F)(F)F)nc2cc(NC(=O)C(=O)NC[C@H]3C[C@H]4C=C[C@H]3C4)ccc21. The van der Waals surface area contributed by atoms with Gasteiger partial charge in [0.25, 0.3) is 0 Å². The molecule has 2 aliphatic carbocycles. The lowest BCUT2D eigenvalue weighted by Gasteiger charge is -2.18. The topological polar surface area (TPSA) is 76.0 Å². The van der Waals surface area contributed by atoms with Gasteiger partial charge in [0.05, 0.1) is 11.0 Å². The standard InChI is InChI=1S/C19H19F3N4O2/c1-26-15-5-4-13(8-14(15)25-18(26)19(20,21)22)24-17(28)16(27)23-9-12-7-10-2-3-11(12)6-10/h2-5,8,10-12H,6-7,9H2,1H3,(H,23,27)(H,24,28)/t10-,11-,12+/m0/s1. The first-order valence-corrected chi connectivity index (χ1v) is 9.03. The highest BCUT2D eigenvalue weighted by molar-refractivity contribution is 6.39. The molecular weight excluding hydrogens is 373 g/mol. The summed E-state index contributed by atoms with van der Waals surface area (Å²) in [4.78, 5) is 27.7. The number of aryl methyl sites for hydroxylation is 1. The first-order chi connectivity index (χ1) is 13.2. The van der Waals surface area contributed by atoms with Crippen LogP contribution in [0.4, 0.5) is 18.9 Å². The zero-order chi connectivity index (χ0) is 20.1. The van der Waals surface area contributed by atoms with Gasteiger partial charge < -0.3 is 15.2 Å². The molecule has 2 aliphatic rings. The molecule has 1 aromatic heterocycles. The van der Waals surface area contributed by atoms with Crippen LogP contribution in [0.5, 0.6) is 0 Å². The fraction of sp³-hybridized carbons (Fsp3) is 0.421. The lowest BCUT2D eigenvalue weighted by Crippen LogP contribution is -2.38. The molecule has 28 heavy (non-hydrogen) atoms. The Bertz CT molecular complexity index is 979. The molecule has 0 saturated heterocycles. The zero-order valence-electron chi connectivity index (χ0n) is 15.1. The summed E-state index contributed by atoms with van der Waals surface area (Å²) < 4.78 is 39.8. The van der Waals surface area contributed by atoms with Crippen molar-refractivity contribution in [2.75, 3.05) is 11.9 Å². The highest BCUT2D eigenvalue weighted by Gasteiger charge is 2.37. The molecule has 3 atom stereocenters. The quantitative estimate of drug-likeness (QED) is 0.623. The van der Waals surface area contributed by atoms with E-state index in [9.17, 15) is 22.8 Å². The molecule has 0 unspecified atom stereocenters. The van der Waals surface area contributed by atoms with Crippen molar-refractivity contribution < 1.29 is 22.8 Å². The number of nitrogens with zero attached hydrogens (tertiary/aromatic N) is 2. The molecule has 1 heterocycles. The molecule has 148 valence electrons. The number of hydrogen-bond acceptors (Lipinski definition) is 3. The number of aromatic nitrogens is 2. The Labute approximate surface area is 158 Å². The van der Waals surface area contributed by atoms with Gasteiger partial charge in [-0.15, -0.1) is 0 Å². The summed E-state index contributed by atoms with van der Waals surface area (Å²) in [6, 6.07) is 4.18. The number of carbonyl (C=O) groups excluding carboxylic acids is 2. The van der Waals surface area contributed by atoms with Crippen LogP contribution < -0.4 is 10.6 Å². The molecule has 0 radical (unpaired) electrons. The number of alkyl halides is 3. The van der Waals surface area contributed by atoms with E-state index in [0.29, 0.717) is 24.3 Å². The van der Waals surface area contributed by atoms with E-state index < -0.39 is 23.8 Å². The van der Waals surface area contributed by atoms with Gasteiger partial charge in [-0.05, 0) is 48.8 Å². The number of benzene rings is 1. The van der Waals surface area contributed by atoms with Gasteiger partial charge in [0.15, 0.2) is 0 Å². The van der Waals surface area contributed by atoms with Crippen LogP contribution in [0, 0.1) is 17.8 Å². The third-order valence-electron chi connectivity index (χ3n) is 5.54. The monoisotopic (exact) mass is 392 g/mol. The second kappa shape index (κ2) is 6.65. The van der Waals surface area contributed by atoms with Crippen LogP contribution in [0.25, 0.3) is 11.0 Å². The van der Waals surface area contributed by atoms with E-state index >= 15 is 0 Å². The van der Waals surface area contributed by atoms with E-state index in [4.69, 9.17) is 0 Å². The predicted octanol–water partition coefficient (Wildman–Crippen LogP) is 2.86. The molecule has 2 bridgehead atoms. The summed E-state index contributed by atoms with van der Waals surface area (Å²) in [6.45, 7) is 0.436. The number of imidazole rings is 1. The fourth-order valence-electron chi connectivity index (χ4n) is 4.15. The van der Waals surface area contributed by atoms with Gasteiger partial charge >= 0.3 is 18.0 Å². The summed E-state index contributed by atoms with van der Waals surface area (Å²) in [5, 5.41) is 5.06. The Morgan fingerprint density at radius 3 is 2.64 bits per heavy atom. The van der Waals surface area contributed by atoms with Gasteiger partial charge in [-0.2, -0.15) is 13.2 Å².